The van der Waals surface area contributed by atoms with E-state index in [2.05, 4.69) is 30.9 Å². The van der Waals surface area contributed by atoms with Crippen molar-refractivity contribution in [2.75, 3.05) is 6.54 Å². The molecule has 1 fully saturated rings. The third kappa shape index (κ3) is 4.31. The quantitative estimate of drug-likeness (QED) is 0.798. The number of rotatable bonds is 8. The number of nitrogens with two attached hydrogens (primary N) is 1. The predicted molar refractivity (Wildman–Crippen MR) is 86.6 cm³/mol. The van der Waals surface area contributed by atoms with Crippen LogP contribution in [0.5, 0.6) is 0 Å². The van der Waals surface area contributed by atoms with Crippen LogP contribution in [0.3, 0.4) is 0 Å². The number of nitrogens with zero attached hydrogens (tertiary/aromatic N) is 1. The Morgan fingerprint density at radius 3 is 2.52 bits per heavy atom. The smallest absolute Gasteiger partial charge is 0.227 e. The summed E-state index contributed by atoms with van der Waals surface area (Å²) in [5, 5.41) is 0. The molecule has 116 valence electrons. The summed E-state index contributed by atoms with van der Waals surface area (Å²) in [5.74, 6) is 0.889. The Morgan fingerprint density at radius 1 is 1.33 bits per heavy atom. The number of amides is 1. The Balaban J connectivity index is 2.12. The van der Waals surface area contributed by atoms with Gasteiger partial charge in [0.25, 0.3) is 0 Å². The molecule has 3 nitrogen and oxygen atoms in total. The lowest BCUT2D eigenvalue weighted by molar-refractivity contribution is -0.138. The van der Waals surface area contributed by atoms with Crippen LogP contribution in [-0.2, 0) is 11.3 Å². The van der Waals surface area contributed by atoms with Gasteiger partial charge in [0.15, 0.2) is 0 Å². The zero-order valence-corrected chi connectivity index (χ0v) is 13.3. The Kier molecular flexibility index (Phi) is 5.80. The molecule has 1 amide bonds. The zero-order valence-electron chi connectivity index (χ0n) is 13.3. The fraction of sp³-hybridized carbons (Fsp3) is 0.611. The highest BCUT2D eigenvalue weighted by atomic mass is 16.2. The highest BCUT2D eigenvalue weighted by Gasteiger charge is 2.36. The minimum Gasteiger partial charge on any atom is -0.335 e. The summed E-state index contributed by atoms with van der Waals surface area (Å²) in [6.07, 6.45) is 4.39. The van der Waals surface area contributed by atoms with Crippen molar-refractivity contribution in [2.45, 2.75) is 52.1 Å². The SMILES string of the molecule is CCCC(CN)C(=O)N(Cc1ccccc1)C(C)C1CC1. The van der Waals surface area contributed by atoms with Crippen molar-refractivity contribution in [1.29, 1.82) is 0 Å². The summed E-state index contributed by atoms with van der Waals surface area (Å²) in [4.78, 5) is 15.0. The van der Waals surface area contributed by atoms with E-state index in [1.165, 1.54) is 18.4 Å². The van der Waals surface area contributed by atoms with Gasteiger partial charge in [-0.15, -0.1) is 0 Å². The molecule has 1 aliphatic rings. The highest BCUT2D eigenvalue weighted by molar-refractivity contribution is 5.79. The number of carbonyl (C=O) groups is 1. The first-order chi connectivity index (χ1) is 10.2. The van der Waals surface area contributed by atoms with E-state index in [1.807, 2.05) is 18.2 Å². The second kappa shape index (κ2) is 7.60. The van der Waals surface area contributed by atoms with Gasteiger partial charge in [-0.2, -0.15) is 0 Å². The van der Waals surface area contributed by atoms with Gasteiger partial charge in [0.05, 0.1) is 5.92 Å². The monoisotopic (exact) mass is 288 g/mol. The average Bonchev–Trinajstić information content (AvgIpc) is 3.35. The molecule has 2 N–H and O–H groups in total. The van der Waals surface area contributed by atoms with E-state index >= 15 is 0 Å². The number of hydrogen-bond donors (Lipinski definition) is 1. The molecule has 21 heavy (non-hydrogen) atoms. The first kappa shape index (κ1) is 16.0. The first-order valence-corrected chi connectivity index (χ1v) is 8.21. The predicted octanol–water partition coefficient (Wildman–Crippen LogP) is 3.19. The lowest BCUT2D eigenvalue weighted by Gasteiger charge is -2.32. The largest absolute Gasteiger partial charge is 0.335 e. The van der Waals surface area contributed by atoms with Crippen LogP contribution in [0.2, 0.25) is 0 Å². The molecule has 0 spiro atoms. The fourth-order valence-electron chi connectivity index (χ4n) is 2.96. The van der Waals surface area contributed by atoms with Gasteiger partial charge in [-0.1, -0.05) is 43.7 Å². The topological polar surface area (TPSA) is 46.3 Å². The second-order valence-electron chi connectivity index (χ2n) is 6.25. The van der Waals surface area contributed by atoms with Gasteiger partial charge in [0.1, 0.15) is 0 Å². The van der Waals surface area contributed by atoms with E-state index in [0.29, 0.717) is 25.0 Å². The van der Waals surface area contributed by atoms with Crippen molar-refractivity contribution in [1.82, 2.24) is 4.90 Å². The zero-order chi connectivity index (χ0) is 15.2. The molecule has 0 aromatic heterocycles. The molecule has 1 aromatic carbocycles. The molecule has 1 aromatic rings. The van der Waals surface area contributed by atoms with Gasteiger partial charge in [0.2, 0.25) is 5.91 Å². The minimum absolute atomic E-state index is 0.0279. The van der Waals surface area contributed by atoms with E-state index in [-0.39, 0.29) is 11.8 Å². The van der Waals surface area contributed by atoms with Crippen LogP contribution < -0.4 is 5.73 Å². The van der Waals surface area contributed by atoms with Crippen molar-refractivity contribution in [3.63, 3.8) is 0 Å². The van der Waals surface area contributed by atoms with Crippen LogP contribution in [-0.4, -0.2) is 23.4 Å². The molecule has 0 bridgehead atoms. The van der Waals surface area contributed by atoms with Gasteiger partial charge in [-0.3, -0.25) is 4.79 Å². The Labute approximate surface area is 128 Å². The van der Waals surface area contributed by atoms with Gasteiger partial charge in [-0.05, 0) is 37.7 Å². The fourth-order valence-corrected chi connectivity index (χ4v) is 2.96. The Morgan fingerprint density at radius 2 is 2.00 bits per heavy atom. The number of carbonyl (C=O) groups excluding carboxylic acids is 1. The molecule has 2 rings (SSSR count). The summed E-state index contributed by atoms with van der Waals surface area (Å²) in [5.41, 5.74) is 7.03. The van der Waals surface area contributed by atoms with E-state index in [9.17, 15) is 4.79 Å². The molecule has 0 aliphatic heterocycles. The summed E-state index contributed by atoms with van der Waals surface area (Å²) in [6.45, 7) is 5.47. The third-order valence-electron chi connectivity index (χ3n) is 4.55. The maximum absolute atomic E-state index is 12.9. The van der Waals surface area contributed by atoms with Crippen LogP contribution in [0.25, 0.3) is 0 Å². The first-order valence-electron chi connectivity index (χ1n) is 8.21. The molecule has 1 saturated carbocycles. The van der Waals surface area contributed by atoms with Gasteiger partial charge >= 0.3 is 0 Å². The van der Waals surface area contributed by atoms with E-state index in [1.54, 1.807) is 0 Å². The summed E-state index contributed by atoms with van der Waals surface area (Å²) in [6, 6.07) is 10.6. The van der Waals surface area contributed by atoms with Crippen molar-refractivity contribution >= 4 is 5.91 Å². The average molecular weight is 288 g/mol. The molecule has 2 unspecified atom stereocenters. The minimum atomic E-state index is -0.0279. The molecular formula is C18H28N2O. The molecule has 1 aliphatic carbocycles. The van der Waals surface area contributed by atoms with Gasteiger partial charge in [0, 0.05) is 19.1 Å². The number of hydrogen-bond acceptors (Lipinski definition) is 2. The van der Waals surface area contributed by atoms with E-state index in [0.717, 1.165) is 12.8 Å². The molecule has 0 heterocycles. The van der Waals surface area contributed by atoms with Crippen molar-refractivity contribution in [2.24, 2.45) is 17.6 Å². The number of benzene rings is 1. The Bertz CT molecular complexity index is 442. The Hall–Kier alpha value is -1.35. The molecule has 0 radical (unpaired) electrons. The maximum Gasteiger partial charge on any atom is 0.227 e. The van der Waals surface area contributed by atoms with Crippen molar-refractivity contribution < 1.29 is 4.79 Å². The van der Waals surface area contributed by atoms with Crippen molar-refractivity contribution in [3.05, 3.63) is 35.9 Å². The van der Waals surface area contributed by atoms with E-state index in [4.69, 9.17) is 5.73 Å². The van der Waals surface area contributed by atoms with Gasteiger partial charge in [-0.25, -0.2) is 0 Å². The van der Waals surface area contributed by atoms with E-state index < -0.39 is 0 Å². The lowest BCUT2D eigenvalue weighted by Crippen LogP contribution is -2.44. The molecule has 3 heteroatoms. The molecular weight excluding hydrogens is 260 g/mol. The van der Waals surface area contributed by atoms with Gasteiger partial charge < -0.3 is 10.6 Å². The lowest BCUT2D eigenvalue weighted by atomic mass is 10.00. The molecule has 0 saturated heterocycles. The van der Waals surface area contributed by atoms with Crippen LogP contribution in [0.4, 0.5) is 0 Å². The summed E-state index contributed by atoms with van der Waals surface area (Å²) < 4.78 is 0. The van der Waals surface area contributed by atoms with Crippen LogP contribution in [0.1, 0.15) is 45.1 Å². The highest BCUT2D eigenvalue weighted by Crippen LogP contribution is 2.36. The standard InChI is InChI=1S/C18H28N2O/c1-3-7-17(12-19)18(21)20(14(2)16-10-11-16)13-15-8-5-4-6-9-15/h4-6,8-9,14,16-17H,3,7,10-13,19H2,1-2H3. The second-order valence-corrected chi connectivity index (χ2v) is 6.25. The summed E-state index contributed by atoms with van der Waals surface area (Å²) >= 11 is 0. The molecule has 2 atom stereocenters. The van der Waals surface area contributed by atoms with Crippen LogP contribution in [0, 0.1) is 11.8 Å². The van der Waals surface area contributed by atoms with Crippen LogP contribution >= 0.6 is 0 Å². The summed E-state index contributed by atoms with van der Waals surface area (Å²) in [7, 11) is 0. The third-order valence-corrected chi connectivity index (χ3v) is 4.55. The van der Waals surface area contributed by atoms with Crippen LogP contribution in [0.15, 0.2) is 30.3 Å². The maximum atomic E-state index is 12.9. The van der Waals surface area contributed by atoms with Crippen molar-refractivity contribution in [3.8, 4) is 0 Å². The normalized spacial score (nSPS) is 17.3.